The lowest BCUT2D eigenvalue weighted by Gasteiger charge is -2.32. The molecular weight excluding hydrogens is 258 g/mol. The molecule has 1 aromatic carbocycles. The first kappa shape index (κ1) is 14.2. The van der Waals surface area contributed by atoms with Crippen LogP contribution in [0.25, 0.3) is 0 Å². The number of nitrogens with zero attached hydrogens (tertiary/aromatic N) is 2. The smallest absolute Gasteiger partial charge is 0.0620 e. The molecule has 3 heteroatoms. The van der Waals surface area contributed by atoms with Crippen LogP contribution >= 0.6 is 0 Å². The number of rotatable bonds is 3. The van der Waals surface area contributed by atoms with E-state index in [0.717, 1.165) is 26.2 Å². The number of hydrogen-bond acceptors (Lipinski definition) is 3. The molecule has 21 heavy (non-hydrogen) atoms. The SMILES string of the molecule is Cc1ccccc1C(c1cccnc1)N1CCCNCC1. The summed E-state index contributed by atoms with van der Waals surface area (Å²) >= 11 is 0. The first-order valence-electron chi connectivity index (χ1n) is 7.76. The lowest BCUT2D eigenvalue weighted by Crippen LogP contribution is -2.33. The summed E-state index contributed by atoms with van der Waals surface area (Å²) in [5, 5.41) is 3.49. The molecule has 1 atom stereocenters. The fourth-order valence-electron chi connectivity index (χ4n) is 3.14. The van der Waals surface area contributed by atoms with E-state index in [4.69, 9.17) is 0 Å². The van der Waals surface area contributed by atoms with E-state index in [9.17, 15) is 0 Å². The minimum atomic E-state index is 0.305. The standard InChI is InChI=1S/C18H23N3/c1-15-6-2-3-8-17(15)18(16-7-4-9-20-14-16)21-12-5-10-19-11-13-21/h2-4,6-9,14,18-19H,5,10-13H2,1H3. The Morgan fingerprint density at radius 2 is 2.00 bits per heavy atom. The van der Waals surface area contributed by atoms with Gasteiger partial charge >= 0.3 is 0 Å². The van der Waals surface area contributed by atoms with Gasteiger partial charge in [-0.25, -0.2) is 0 Å². The second kappa shape index (κ2) is 6.83. The van der Waals surface area contributed by atoms with Crippen LogP contribution < -0.4 is 5.32 Å². The Kier molecular flexibility index (Phi) is 4.63. The molecule has 0 radical (unpaired) electrons. The van der Waals surface area contributed by atoms with Crippen molar-refractivity contribution in [2.75, 3.05) is 26.2 Å². The second-order valence-corrected chi connectivity index (χ2v) is 5.69. The monoisotopic (exact) mass is 281 g/mol. The van der Waals surface area contributed by atoms with Gasteiger partial charge in [0.1, 0.15) is 0 Å². The number of benzene rings is 1. The summed E-state index contributed by atoms with van der Waals surface area (Å²) in [6.45, 7) is 6.58. The van der Waals surface area contributed by atoms with Crippen molar-refractivity contribution >= 4 is 0 Å². The van der Waals surface area contributed by atoms with Crippen molar-refractivity contribution in [2.45, 2.75) is 19.4 Å². The molecule has 0 aliphatic carbocycles. The maximum Gasteiger partial charge on any atom is 0.0620 e. The summed E-state index contributed by atoms with van der Waals surface area (Å²) in [4.78, 5) is 6.92. The van der Waals surface area contributed by atoms with Crippen LogP contribution in [0.4, 0.5) is 0 Å². The molecule has 2 aromatic rings. The first-order chi connectivity index (χ1) is 10.4. The molecule has 0 bridgehead atoms. The molecule has 2 heterocycles. The van der Waals surface area contributed by atoms with Gasteiger partial charge in [-0.1, -0.05) is 30.3 Å². The van der Waals surface area contributed by atoms with Crippen LogP contribution in [-0.4, -0.2) is 36.1 Å². The molecule has 3 rings (SSSR count). The van der Waals surface area contributed by atoms with Crippen LogP contribution in [0.1, 0.15) is 29.2 Å². The minimum Gasteiger partial charge on any atom is -0.315 e. The average Bonchev–Trinajstić information content (AvgIpc) is 2.80. The zero-order valence-corrected chi connectivity index (χ0v) is 12.6. The predicted molar refractivity (Wildman–Crippen MR) is 86.3 cm³/mol. The van der Waals surface area contributed by atoms with Crippen LogP contribution in [-0.2, 0) is 0 Å². The summed E-state index contributed by atoms with van der Waals surface area (Å²) in [6, 6.07) is 13.3. The Labute approximate surface area is 127 Å². The van der Waals surface area contributed by atoms with Crippen molar-refractivity contribution in [3.8, 4) is 0 Å². The molecule has 1 aromatic heterocycles. The third kappa shape index (κ3) is 3.31. The summed E-state index contributed by atoms with van der Waals surface area (Å²) in [5.74, 6) is 0. The molecule has 1 fully saturated rings. The van der Waals surface area contributed by atoms with Crippen molar-refractivity contribution in [3.63, 3.8) is 0 Å². The summed E-state index contributed by atoms with van der Waals surface area (Å²) < 4.78 is 0. The van der Waals surface area contributed by atoms with Crippen molar-refractivity contribution in [1.82, 2.24) is 15.2 Å². The zero-order chi connectivity index (χ0) is 14.5. The highest BCUT2D eigenvalue weighted by Crippen LogP contribution is 2.30. The van der Waals surface area contributed by atoms with Gasteiger partial charge in [-0.05, 0) is 42.6 Å². The van der Waals surface area contributed by atoms with E-state index in [2.05, 4.69) is 52.5 Å². The molecule has 0 saturated carbocycles. The quantitative estimate of drug-likeness (QED) is 0.937. The largest absolute Gasteiger partial charge is 0.315 e. The topological polar surface area (TPSA) is 28.2 Å². The molecule has 1 unspecified atom stereocenters. The molecule has 1 aliphatic heterocycles. The van der Waals surface area contributed by atoms with E-state index in [-0.39, 0.29) is 0 Å². The second-order valence-electron chi connectivity index (χ2n) is 5.69. The Balaban J connectivity index is 2.00. The van der Waals surface area contributed by atoms with E-state index in [1.165, 1.54) is 23.1 Å². The molecule has 1 N–H and O–H groups in total. The highest BCUT2D eigenvalue weighted by molar-refractivity contribution is 5.36. The van der Waals surface area contributed by atoms with Crippen LogP contribution in [0.3, 0.4) is 0 Å². The Morgan fingerprint density at radius 3 is 2.81 bits per heavy atom. The average molecular weight is 281 g/mol. The summed E-state index contributed by atoms with van der Waals surface area (Å²) in [6.07, 6.45) is 5.06. The summed E-state index contributed by atoms with van der Waals surface area (Å²) in [5.41, 5.74) is 4.03. The van der Waals surface area contributed by atoms with Crippen molar-refractivity contribution < 1.29 is 0 Å². The third-order valence-corrected chi connectivity index (χ3v) is 4.22. The van der Waals surface area contributed by atoms with Gasteiger partial charge in [-0.15, -0.1) is 0 Å². The van der Waals surface area contributed by atoms with Crippen molar-refractivity contribution in [3.05, 3.63) is 65.5 Å². The van der Waals surface area contributed by atoms with Gasteiger partial charge in [-0.3, -0.25) is 9.88 Å². The predicted octanol–water partition coefficient (Wildman–Crippen LogP) is 2.77. The van der Waals surface area contributed by atoms with Gasteiger partial charge in [-0.2, -0.15) is 0 Å². The normalized spacial score (nSPS) is 18.1. The molecule has 3 nitrogen and oxygen atoms in total. The molecule has 1 aliphatic rings. The van der Waals surface area contributed by atoms with E-state index >= 15 is 0 Å². The number of nitrogens with one attached hydrogen (secondary N) is 1. The number of aromatic nitrogens is 1. The third-order valence-electron chi connectivity index (χ3n) is 4.22. The van der Waals surface area contributed by atoms with E-state index in [0.29, 0.717) is 6.04 Å². The van der Waals surface area contributed by atoms with Gasteiger partial charge < -0.3 is 5.32 Å². The maximum atomic E-state index is 4.34. The highest BCUT2D eigenvalue weighted by Gasteiger charge is 2.24. The van der Waals surface area contributed by atoms with Gasteiger partial charge in [0.25, 0.3) is 0 Å². The van der Waals surface area contributed by atoms with E-state index < -0.39 is 0 Å². The van der Waals surface area contributed by atoms with Crippen LogP contribution in [0, 0.1) is 6.92 Å². The van der Waals surface area contributed by atoms with E-state index in [1.54, 1.807) is 0 Å². The van der Waals surface area contributed by atoms with Crippen LogP contribution in [0.2, 0.25) is 0 Å². The molecule has 1 saturated heterocycles. The van der Waals surface area contributed by atoms with E-state index in [1.807, 2.05) is 18.5 Å². The first-order valence-corrected chi connectivity index (χ1v) is 7.76. The molecule has 0 spiro atoms. The molecular formula is C18H23N3. The van der Waals surface area contributed by atoms with Gasteiger partial charge in [0.15, 0.2) is 0 Å². The van der Waals surface area contributed by atoms with Gasteiger partial charge in [0.2, 0.25) is 0 Å². The fourth-order valence-corrected chi connectivity index (χ4v) is 3.14. The van der Waals surface area contributed by atoms with Crippen LogP contribution in [0.15, 0.2) is 48.8 Å². The fraction of sp³-hybridized carbons (Fsp3) is 0.389. The Hall–Kier alpha value is -1.71. The number of aryl methyl sites for hydroxylation is 1. The van der Waals surface area contributed by atoms with Gasteiger partial charge in [0, 0.05) is 32.0 Å². The van der Waals surface area contributed by atoms with Crippen molar-refractivity contribution in [1.29, 1.82) is 0 Å². The lowest BCUT2D eigenvalue weighted by atomic mass is 9.94. The Bertz CT molecular complexity index is 560. The highest BCUT2D eigenvalue weighted by atomic mass is 15.2. The molecule has 110 valence electrons. The van der Waals surface area contributed by atoms with Crippen molar-refractivity contribution in [2.24, 2.45) is 0 Å². The number of hydrogen-bond donors (Lipinski definition) is 1. The Morgan fingerprint density at radius 1 is 1.10 bits per heavy atom. The summed E-state index contributed by atoms with van der Waals surface area (Å²) in [7, 11) is 0. The maximum absolute atomic E-state index is 4.34. The number of pyridine rings is 1. The van der Waals surface area contributed by atoms with Gasteiger partial charge in [0.05, 0.1) is 6.04 Å². The van der Waals surface area contributed by atoms with Crippen LogP contribution in [0.5, 0.6) is 0 Å². The zero-order valence-electron chi connectivity index (χ0n) is 12.6. The lowest BCUT2D eigenvalue weighted by molar-refractivity contribution is 0.240. The minimum absolute atomic E-state index is 0.305. The molecule has 0 amide bonds.